The van der Waals surface area contributed by atoms with Gasteiger partial charge in [-0.25, -0.2) is 0 Å². The van der Waals surface area contributed by atoms with Crippen molar-refractivity contribution in [2.45, 2.75) is 25.9 Å². The maximum atomic E-state index is 11.8. The average molecular weight is 311 g/mol. The summed E-state index contributed by atoms with van der Waals surface area (Å²) in [7, 11) is 0. The summed E-state index contributed by atoms with van der Waals surface area (Å²) in [6, 6.07) is 10.1. The maximum Gasteiger partial charge on any atom is 0.221 e. The summed E-state index contributed by atoms with van der Waals surface area (Å²) in [6.45, 7) is 2.73. The minimum atomic E-state index is 0.0451. The van der Waals surface area contributed by atoms with E-state index in [0.717, 1.165) is 30.9 Å². The molecule has 0 bridgehead atoms. The van der Waals surface area contributed by atoms with Crippen LogP contribution in [-0.4, -0.2) is 24.0 Å². The van der Waals surface area contributed by atoms with E-state index in [2.05, 4.69) is 27.8 Å². The largest absolute Gasteiger partial charge is 0.493 e. The van der Waals surface area contributed by atoms with Crippen LogP contribution in [0.3, 0.4) is 0 Å². The Morgan fingerprint density at radius 1 is 1.22 bits per heavy atom. The molecule has 120 valence electrons. The van der Waals surface area contributed by atoms with Gasteiger partial charge in [-0.05, 0) is 28.8 Å². The van der Waals surface area contributed by atoms with Crippen molar-refractivity contribution >= 4 is 5.91 Å². The van der Waals surface area contributed by atoms with Crippen LogP contribution in [0, 0.1) is 0 Å². The van der Waals surface area contributed by atoms with Gasteiger partial charge in [-0.1, -0.05) is 18.2 Å². The lowest BCUT2D eigenvalue weighted by Crippen LogP contribution is -2.27. The highest BCUT2D eigenvalue weighted by molar-refractivity contribution is 5.76. The molecule has 0 atom stereocenters. The van der Waals surface area contributed by atoms with Crippen molar-refractivity contribution in [1.29, 1.82) is 0 Å². The van der Waals surface area contributed by atoms with Crippen LogP contribution in [0.1, 0.15) is 23.1 Å². The molecular formula is C18H21N3O2. The lowest BCUT2D eigenvalue weighted by atomic mass is 10.1. The molecule has 0 saturated heterocycles. The number of pyridine rings is 1. The summed E-state index contributed by atoms with van der Waals surface area (Å²) < 4.78 is 5.50. The van der Waals surface area contributed by atoms with Crippen molar-refractivity contribution in [3.63, 3.8) is 0 Å². The molecule has 0 radical (unpaired) electrons. The molecule has 1 aromatic heterocycles. The molecule has 5 heteroatoms. The monoisotopic (exact) mass is 311 g/mol. The molecular weight excluding hydrogens is 290 g/mol. The van der Waals surface area contributed by atoms with Crippen molar-refractivity contribution in [2.24, 2.45) is 0 Å². The molecule has 0 saturated carbocycles. The summed E-state index contributed by atoms with van der Waals surface area (Å²) in [5, 5.41) is 6.20. The summed E-state index contributed by atoms with van der Waals surface area (Å²) in [5.74, 6) is 1.05. The number of carbonyl (C=O) groups excluding carboxylic acids is 1. The van der Waals surface area contributed by atoms with Gasteiger partial charge in [-0.3, -0.25) is 9.78 Å². The maximum absolute atomic E-state index is 11.8. The second kappa shape index (κ2) is 7.74. The zero-order valence-corrected chi connectivity index (χ0v) is 13.0. The lowest BCUT2D eigenvalue weighted by molar-refractivity contribution is -0.121. The van der Waals surface area contributed by atoms with Gasteiger partial charge in [-0.15, -0.1) is 0 Å². The number of aromatic nitrogens is 1. The molecule has 0 spiro atoms. The standard InChI is InChI=1S/C18H21N3O2/c22-18(21-13-15-2-1-7-19-12-15)5-8-20-11-14-3-4-17-16(10-14)6-9-23-17/h1-4,7,10,12,20H,5-6,8-9,11,13H2,(H,21,22). The number of hydrogen-bond acceptors (Lipinski definition) is 4. The molecule has 0 aliphatic carbocycles. The highest BCUT2D eigenvalue weighted by Gasteiger charge is 2.11. The minimum absolute atomic E-state index is 0.0451. The first-order valence-corrected chi connectivity index (χ1v) is 7.92. The first-order chi connectivity index (χ1) is 11.3. The van der Waals surface area contributed by atoms with Gasteiger partial charge in [0.2, 0.25) is 5.91 Å². The Bertz CT molecular complexity index is 659. The fourth-order valence-electron chi connectivity index (χ4n) is 2.58. The van der Waals surface area contributed by atoms with Crippen LogP contribution in [0.5, 0.6) is 5.75 Å². The second-order valence-corrected chi connectivity index (χ2v) is 5.61. The van der Waals surface area contributed by atoms with E-state index >= 15 is 0 Å². The van der Waals surface area contributed by atoms with Crippen molar-refractivity contribution in [3.05, 3.63) is 59.4 Å². The highest BCUT2D eigenvalue weighted by Crippen LogP contribution is 2.25. The fraction of sp³-hybridized carbons (Fsp3) is 0.333. The number of amides is 1. The number of hydrogen-bond donors (Lipinski definition) is 2. The van der Waals surface area contributed by atoms with Crippen LogP contribution in [0.2, 0.25) is 0 Å². The van der Waals surface area contributed by atoms with E-state index in [4.69, 9.17) is 4.74 Å². The molecule has 0 unspecified atom stereocenters. The van der Waals surface area contributed by atoms with Crippen LogP contribution >= 0.6 is 0 Å². The first kappa shape index (κ1) is 15.5. The Morgan fingerprint density at radius 3 is 3.04 bits per heavy atom. The van der Waals surface area contributed by atoms with E-state index in [1.165, 1.54) is 11.1 Å². The zero-order chi connectivity index (χ0) is 15.9. The molecule has 1 aliphatic rings. The average Bonchev–Trinajstić information content (AvgIpc) is 3.05. The molecule has 1 aromatic carbocycles. The number of nitrogens with one attached hydrogen (secondary N) is 2. The third-order valence-electron chi connectivity index (χ3n) is 3.82. The van der Waals surface area contributed by atoms with Gasteiger partial charge in [0.25, 0.3) is 0 Å². The number of rotatable bonds is 7. The fourth-order valence-corrected chi connectivity index (χ4v) is 2.58. The Labute approximate surface area is 136 Å². The van der Waals surface area contributed by atoms with Crippen LogP contribution in [0.15, 0.2) is 42.7 Å². The van der Waals surface area contributed by atoms with Gasteiger partial charge < -0.3 is 15.4 Å². The molecule has 2 N–H and O–H groups in total. The summed E-state index contributed by atoms with van der Waals surface area (Å²) in [5.41, 5.74) is 3.51. The molecule has 1 aliphatic heterocycles. The van der Waals surface area contributed by atoms with Crippen LogP contribution in [-0.2, 0) is 24.3 Å². The van der Waals surface area contributed by atoms with Gasteiger partial charge in [0.1, 0.15) is 5.75 Å². The summed E-state index contributed by atoms with van der Waals surface area (Å²) in [6.07, 6.45) is 4.94. The number of fused-ring (bicyclic) bond motifs is 1. The molecule has 23 heavy (non-hydrogen) atoms. The van der Waals surface area contributed by atoms with E-state index < -0.39 is 0 Å². The smallest absolute Gasteiger partial charge is 0.221 e. The number of nitrogens with zero attached hydrogens (tertiary/aromatic N) is 1. The third kappa shape index (κ3) is 4.53. The van der Waals surface area contributed by atoms with E-state index in [1.807, 2.05) is 18.2 Å². The van der Waals surface area contributed by atoms with Crippen molar-refractivity contribution in [2.75, 3.05) is 13.2 Å². The molecule has 5 nitrogen and oxygen atoms in total. The summed E-state index contributed by atoms with van der Waals surface area (Å²) >= 11 is 0. The second-order valence-electron chi connectivity index (χ2n) is 5.61. The predicted molar refractivity (Wildman–Crippen MR) is 88.0 cm³/mol. The van der Waals surface area contributed by atoms with Gasteiger partial charge in [0, 0.05) is 44.9 Å². The topological polar surface area (TPSA) is 63.2 Å². The van der Waals surface area contributed by atoms with Crippen molar-refractivity contribution in [1.82, 2.24) is 15.6 Å². The lowest BCUT2D eigenvalue weighted by Gasteiger charge is -2.07. The molecule has 0 fully saturated rings. The van der Waals surface area contributed by atoms with Crippen LogP contribution in [0.25, 0.3) is 0 Å². The Hall–Kier alpha value is -2.40. The van der Waals surface area contributed by atoms with Crippen LogP contribution in [0.4, 0.5) is 0 Å². The van der Waals surface area contributed by atoms with E-state index in [9.17, 15) is 4.79 Å². The van der Waals surface area contributed by atoms with Gasteiger partial charge in [0.15, 0.2) is 0 Å². The van der Waals surface area contributed by atoms with E-state index in [-0.39, 0.29) is 5.91 Å². The molecule has 2 heterocycles. The number of ether oxygens (including phenoxy) is 1. The van der Waals surface area contributed by atoms with E-state index in [0.29, 0.717) is 19.5 Å². The normalized spacial score (nSPS) is 12.5. The zero-order valence-electron chi connectivity index (χ0n) is 13.0. The first-order valence-electron chi connectivity index (χ1n) is 7.92. The molecule has 3 rings (SSSR count). The highest BCUT2D eigenvalue weighted by atomic mass is 16.5. The van der Waals surface area contributed by atoms with Gasteiger partial charge in [0.05, 0.1) is 6.61 Å². The predicted octanol–water partition coefficient (Wildman–Crippen LogP) is 1.81. The van der Waals surface area contributed by atoms with Crippen molar-refractivity contribution in [3.8, 4) is 5.75 Å². The van der Waals surface area contributed by atoms with Gasteiger partial charge >= 0.3 is 0 Å². The number of benzene rings is 1. The van der Waals surface area contributed by atoms with Crippen molar-refractivity contribution < 1.29 is 9.53 Å². The summed E-state index contributed by atoms with van der Waals surface area (Å²) in [4.78, 5) is 15.8. The Kier molecular flexibility index (Phi) is 5.21. The quantitative estimate of drug-likeness (QED) is 0.766. The number of carbonyl (C=O) groups is 1. The Balaban J connectivity index is 1.34. The van der Waals surface area contributed by atoms with E-state index in [1.54, 1.807) is 12.4 Å². The molecule has 2 aromatic rings. The Morgan fingerprint density at radius 2 is 2.17 bits per heavy atom. The SMILES string of the molecule is O=C(CCNCc1ccc2c(c1)CCO2)NCc1cccnc1. The van der Waals surface area contributed by atoms with Gasteiger partial charge in [-0.2, -0.15) is 0 Å². The van der Waals surface area contributed by atoms with Crippen LogP contribution < -0.4 is 15.4 Å². The molecule has 1 amide bonds. The third-order valence-corrected chi connectivity index (χ3v) is 3.82. The minimum Gasteiger partial charge on any atom is -0.493 e.